The number of piperidine rings is 1. The number of rotatable bonds is 1. The Labute approximate surface area is 82.0 Å². The fraction of sp³-hybridized carbons (Fsp3) is 0.667. The lowest BCUT2D eigenvalue weighted by Crippen LogP contribution is -2.46. The maximum absolute atomic E-state index is 10.3. The van der Waals surface area contributed by atoms with Crippen LogP contribution >= 0.6 is 11.5 Å². The third-order valence-corrected chi connectivity index (χ3v) is 3.15. The summed E-state index contributed by atoms with van der Waals surface area (Å²) in [6, 6.07) is 0. The minimum Gasteiger partial charge on any atom is -0.384 e. The minimum atomic E-state index is -0.690. The summed E-state index contributed by atoms with van der Waals surface area (Å²) in [5, 5.41) is 15.5. The van der Waals surface area contributed by atoms with E-state index in [1.807, 2.05) is 5.38 Å². The molecule has 0 radical (unpaired) electrons. The van der Waals surface area contributed by atoms with Gasteiger partial charge in [-0.25, -0.2) is 4.37 Å². The second-order valence-corrected chi connectivity index (χ2v) is 4.54. The molecule has 13 heavy (non-hydrogen) atoms. The lowest BCUT2D eigenvalue weighted by atomic mass is 9.84. The van der Waals surface area contributed by atoms with Crippen LogP contribution in [0.1, 0.15) is 18.9 Å². The normalized spacial score (nSPS) is 34.8. The van der Waals surface area contributed by atoms with Crippen LogP contribution in [0.3, 0.4) is 0 Å². The van der Waals surface area contributed by atoms with Gasteiger partial charge in [-0.05, 0) is 30.4 Å². The number of aromatic nitrogens is 1. The molecule has 2 atom stereocenters. The fourth-order valence-corrected chi connectivity index (χ4v) is 2.53. The summed E-state index contributed by atoms with van der Waals surface area (Å²) in [4.78, 5) is 0. The zero-order valence-corrected chi connectivity index (χ0v) is 8.47. The monoisotopic (exact) mass is 198 g/mol. The molecule has 0 saturated carbocycles. The van der Waals surface area contributed by atoms with Gasteiger partial charge in [0.1, 0.15) is 5.60 Å². The van der Waals surface area contributed by atoms with Crippen molar-refractivity contribution in [3.8, 4) is 0 Å². The van der Waals surface area contributed by atoms with Gasteiger partial charge < -0.3 is 10.4 Å². The summed E-state index contributed by atoms with van der Waals surface area (Å²) in [6.07, 6.45) is 2.60. The average molecular weight is 198 g/mol. The molecule has 1 aromatic rings. The van der Waals surface area contributed by atoms with E-state index in [0.717, 1.165) is 18.5 Å². The van der Waals surface area contributed by atoms with Crippen molar-refractivity contribution in [2.45, 2.75) is 18.9 Å². The van der Waals surface area contributed by atoms with Crippen LogP contribution in [0.4, 0.5) is 0 Å². The van der Waals surface area contributed by atoms with Gasteiger partial charge in [0, 0.05) is 23.7 Å². The predicted molar refractivity (Wildman–Crippen MR) is 52.7 cm³/mol. The molecule has 2 rings (SSSR count). The molecule has 1 aromatic heterocycles. The molecule has 0 aromatic carbocycles. The predicted octanol–water partition coefficient (Wildman–Crippen LogP) is 0.960. The Morgan fingerprint density at radius 3 is 3.23 bits per heavy atom. The number of nitrogens with one attached hydrogen (secondary N) is 1. The molecule has 4 heteroatoms. The maximum atomic E-state index is 10.3. The molecule has 2 heterocycles. The molecule has 0 aliphatic carbocycles. The summed E-state index contributed by atoms with van der Waals surface area (Å²) < 4.78 is 4.02. The Balaban J connectivity index is 2.20. The molecule has 72 valence electrons. The number of nitrogens with zero attached hydrogens (tertiary/aromatic N) is 1. The van der Waals surface area contributed by atoms with Crippen molar-refractivity contribution in [2.24, 2.45) is 5.92 Å². The van der Waals surface area contributed by atoms with Crippen molar-refractivity contribution < 1.29 is 5.11 Å². The first-order chi connectivity index (χ1) is 6.21. The molecule has 1 aliphatic heterocycles. The van der Waals surface area contributed by atoms with Gasteiger partial charge in [0.25, 0.3) is 0 Å². The van der Waals surface area contributed by atoms with Crippen LogP contribution in [0.2, 0.25) is 0 Å². The molecular formula is C9H14N2OS. The molecule has 2 N–H and O–H groups in total. The van der Waals surface area contributed by atoms with Crippen molar-refractivity contribution in [2.75, 3.05) is 13.1 Å². The highest BCUT2D eigenvalue weighted by atomic mass is 32.1. The van der Waals surface area contributed by atoms with E-state index in [2.05, 4.69) is 16.6 Å². The van der Waals surface area contributed by atoms with Gasteiger partial charge in [-0.1, -0.05) is 6.92 Å². The zero-order chi connectivity index (χ0) is 9.31. The largest absolute Gasteiger partial charge is 0.384 e. The third kappa shape index (κ3) is 1.75. The van der Waals surface area contributed by atoms with Gasteiger partial charge in [-0.3, -0.25) is 0 Å². The first-order valence-corrected chi connectivity index (χ1v) is 5.37. The quantitative estimate of drug-likeness (QED) is 0.706. The van der Waals surface area contributed by atoms with Gasteiger partial charge in [0.15, 0.2) is 0 Å². The summed E-state index contributed by atoms with van der Waals surface area (Å²) in [6.45, 7) is 3.80. The van der Waals surface area contributed by atoms with Crippen LogP contribution in [0.15, 0.2) is 11.6 Å². The van der Waals surface area contributed by atoms with E-state index in [9.17, 15) is 5.11 Å². The van der Waals surface area contributed by atoms with Crippen molar-refractivity contribution in [3.63, 3.8) is 0 Å². The van der Waals surface area contributed by atoms with Gasteiger partial charge >= 0.3 is 0 Å². The molecule has 0 amide bonds. The van der Waals surface area contributed by atoms with E-state index in [1.165, 1.54) is 11.5 Å². The summed E-state index contributed by atoms with van der Waals surface area (Å²) in [5.41, 5.74) is 0.265. The van der Waals surface area contributed by atoms with Gasteiger partial charge in [0.2, 0.25) is 0 Å². The smallest absolute Gasteiger partial charge is 0.105 e. The molecule has 2 unspecified atom stereocenters. The molecule has 0 bridgehead atoms. The fourth-order valence-electron chi connectivity index (χ4n) is 1.90. The van der Waals surface area contributed by atoms with Gasteiger partial charge in [-0.2, -0.15) is 0 Å². The second kappa shape index (κ2) is 3.36. The van der Waals surface area contributed by atoms with E-state index in [4.69, 9.17) is 0 Å². The summed E-state index contributed by atoms with van der Waals surface area (Å²) in [5.74, 6) is 0.527. The van der Waals surface area contributed by atoms with Crippen molar-refractivity contribution >= 4 is 11.5 Å². The van der Waals surface area contributed by atoms with E-state index in [-0.39, 0.29) is 0 Å². The van der Waals surface area contributed by atoms with Gasteiger partial charge in [-0.15, -0.1) is 0 Å². The van der Waals surface area contributed by atoms with E-state index in [0.29, 0.717) is 12.5 Å². The van der Waals surface area contributed by atoms with Crippen LogP contribution in [0.5, 0.6) is 0 Å². The maximum Gasteiger partial charge on any atom is 0.105 e. The molecule has 3 nitrogen and oxygen atoms in total. The Bertz CT molecular complexity index is 275. The number of β-amino-alcohol motifs (C(OH)–C–C–N with tert-alkyl or cyclic N) is 1. The molecule has 1 saturated heterocycles. The molecule has 1 aliphatic rings. The van der Waals surface area contributed by atoms with Crippen LogP contribution in [-0.2, 0) is 5.60 Å². The van der Waals surface area contributed by atoms with E-state index in [1.54, 1.807) is 6.20 Å². The number of aliphatic hydroxyl groups is 1. The lowest BCUT2D eigenvalue weighted by Gasteiger charge is -2.35. The third-order valence-electron chi connectivity index (χ3n) is 2.57. The molecular weight excluding hydrogens is 184 g/mol. The van der Waals surface area contributed by atoms with Crippen molar-refractivity contribution in [3.05, 3.63) is 17.1 Å². The van der Waals surface area contributed by atoms with Gasteiger partial charge in [0.05, 0.1) is 0 Å². The first kappa shape index (κ1) is 9.12. The zero-order valence-electron chi connectivity index (χ0n) is 7.66. The number of hydrogen-bond acceptors (Lipinski definition) is 4. The summed E-state index contributed by atoms with van der Waals surface area (Å²) in [7, 11) is 0. The average Bonchev–Trinajstić information content (AvgIpc) is 2.55. The van der Waals surface area contributed by atoms with Crippen LogP contribution in [-0.4, -0.2) is 22.6 Å². The van der Waals surface area contributed by atoms with Crippen molar-refractivity contribution in [1.82, 2.24) is 9.69 Å². The highest BCUT2D eigenvalue weighted by Crippen LogP contribution is 2.31. The first-order valence-electron chi connectivity index (χ1n) is 4.54. The van der Waals surface area contributed by atoms with Crippen LogP contribution < -0.4 is 5.32 Å². The van der Waals surface area contributed by atoms with E-state index >= 15 is 0 Å². The molecule has 0 spiro atoms. The highest BCUT2D eigenvalue weighted by Gasteiger charge is 2.34. The number of hydrogen-bond donors (Lipinski definition) is 2. The van der Waals surface area contributed by atoms with E-state index < -0.39 is 5.60 Å². The summed E-state index contributed by atoms with van der Waals surface area (Å²) >= 11 is 1.40. The Hall–Kier alpha value is -0.450. The highest BCUT2D eigenvalue weighted by molar-refractivity contribution is 7.03. The topological polar surface area (TPSA) is 45.1 Å². The van der Waals surface area contributed by atoms with Crippen LogP contribution in [0, 0.1) is 5.92 Å². The Morgan fingerprint density at radius 2 is 2.62 bits per heavy atom. The minimum absolute atomic E-state index is 0.527. The standard InChI is InChI=1S/C9H14N2OS/c1-7-2-9(12,6-10-3-7)8-4-11-13-5-8/h4-5,7,10,12H,2-3,6H2,1H3. The Kier molecular flexibility index (Phi) is 2.36. The Morgan fingerprint density at radius 1 is 1.77 bits per heavy atom. The SMILES string of the molecule is CC1CNCC(O)(c2cnsc2)C1. The lowest BCUT2D eigenvalue weighted by molar-refractivity contribution is -0.00433. The second-order valence-electron chi connectivity index (χ2n) is 3.88. The van der Waals surface area contributed by atoms with Crippen molar-refractivity contribution in [1.29, 1.82) is 0 Å². The van der Waals surface area contributed by atoms with Crippen LogP contribution in [0.25, 0.3) is 0 Å². The molecule has 1 fully saturated rings.